The Bertz CT molecular complexity index is 1360. The van der Waals surface area contributed by atoms with Gasteiger partial charge in [0.05, 0.1) is 7.11 Å². The van der Waals surface area contributed by atoms with E-state index in [1.807, 2.05) is 78.9 Å². The lowest BCUT2D eigenvalue weighted by Crippen LogP contribution is -2.04. The fourth-order valence-corrected chi connectivity index (χ4v) is 3.18. The molecule has 0 unspecified atom stereocenters. The Kier molecular flexibility index (Phi) is 5.62. The highest BCUT2D eigenvalue weighted by atomic mass is 16.5. The van der Waals surface area contributed by atoms with Crippen LogP contribution in [0.2, 0.25) is 0 Å². The number of para-hydroxylation sites is 1. The molecule has 5 aromatic rings. The molecule has 2 aromatic heterocycles. The Balaban J connectivity index is 1.38. The molecule has 8 heteroatoms. The highest BCUT2D eigenvalue weighted by Gasteiger charge is 2.11. The average Bonchev–Trinajstić information content (AvgIpc) is 2.86. The lowest BCUT2D eigenvalue weighted by atomic mass is 10.3. The molecule has 0 amide bonds. The Hall–Kier alpha value is -4.72. The van der Waals surface area contributed by atoms with Gasteiger partial charge in [-0.25, -0.2) is 9.97 Å². The standard InChI is InChI=1S/C25H20N6O2/c1-32-19-11-7-17(8-12-19)28-24-22-23(27-16-15-26-22)30-25(31-24)29-18-9-13-21(14-10-18)33-20-5-3-2-4-6-20/h2-16H,1H3,(H2,27,28,29,30,31). The number of hydrogen-bond donors (Lipinski definition) is 2. The topological polar surface area (TPSA) is 94.1 Å². The molecular weight excluding hydrogens is 416 g/mol. The zero-order valence-corrected chi connectivity index (χ0v) is 17.8. The van der Waals surface area contributed by atoms with Crippen LogP contribution in [0.3, 0.4) is 0 Å². The van der Waals surface area contributed by atoms with E-state index in [1.54, 1.807) is 19.5 Å². The average molecular weight is 436 g/mol. The van der Waals surface area contributed by atoms with Crippen molar-refractivity contribution in [3.63, 3.8) is 0 Å². The van der Waals surface area contributed by atoms with Crippen molar-refractivity contribution in [2.45, 2.75) is 0 Å². The summed E-state index contributed by atoms with van der Waals surface area (Å²) in [6.45, 7) is 0. The quantitative estimate of drug-likeness (QED) is 0.335. The van der Waals surface area contributed by atoms with Gasteiger partial charge < -0.3 is 20.1 Å². The molecule has 2 heterocycles. The Morgan fingerprint density at radius 2 is 1.27 bits per heavy atom. The summed E-state index contributed by atoms with van der Waals surface area (Å²) in [6.07, 6.45) is 3.22. The van der Waals surface area contributed by atoms with Crippen molar-refractivity contribution >= 4 is 34.3 Å². The highest BCUT2D eigenvalue weighted by molar-refractivity contribution is 5.86. The lowest BCUT2D eigenvalue weighted by molar-refractivity contribution is 0.415. The van der Waals surface area contributed by atoms with Gasteiger partial charge in [0.2, 0.25) is 5.95 Å². The zero-order chi connectivity index (χ0) is 22.5. The molecule has 0 atom stereocenters. The lowest BCUT2D eigenvalue weighted by Gasteiger charge is -2.12. The number of rotatable bonds is 7. The highest BCUT2D eigenvalue weighted by Crippen LogP contribution is 2.27. The van der Waals surface area contributed by atoms with Crippen molar-refractivity contribution in [3.05, 3.63) is 91.3 Å². The molecule has 0 spiro atoms. The summed E-state index contributed by atoms with van der Waals surface area (Å²) in [7, 11) is 1.63. The van der Waals surface area contributed by atoms with Crippen molar-refractivity contribution in [2.24, 2.45) is 0 Å². The summed E-state index contributed by atoms with van der Waals surface area (Å²) in [5.74, 6) is 3.23. The van der Waals surface area contributed by atoms with E-state index in [9.17, 15) is 0 Å². The molecule has 33 heavy (non-hydrogen) atoms. The van der Waals surface area contributed by atoms with Crippen LogP contribution in [0.15, 0.2) is 91.3 Å². The number of aromatic nitrogens is 4. The number of nitrogens with zero attached hydrogens (tertiary/aromatic N) is 4. The van der Waals surface area contributed by atoms with E-state index in [1.165, 1.54) is 0 Å². The maximum absolute atomic E-state index is 5.85. The predicted molar refractivity (Wildman–Crippen MR) is 128 cm³/mol. The van der Waals surface area contributed by atoms with Gasteiger partial charge in [-0.1, -0.05) is 18.2 Å². The normalized spacial score (nSPS) is 10.6. The third kappa shape index (κ3) is 4.80. The van der Waals surface area contributed by atoms with Crippen LogP contribution in [-0.2, 0) is 0 Å². The van der Waals surface area contributed by atoms with Gasteiger partial charge in [-0.15, -0.1) is 0 Å². The summed E-state index contributed by atoms with van der Waals surface area (Å²) in [5.41, 5.74) is 2.71. The summed E-state index contributed by atoms with van der Waals surface area (Å²) >= 11 is 0. The van der Waals surface area contributed by atoms with E-state index >= 15 is 0 Å². The molecular formula is C25H20N6O2. The van der Waals surface area contributed by atoms with Gasteiger partial charge in [0.1, 0.15) is 17.2 Å². The number of fused-ring (bicyclic) bond motifs is 1. The largest absolute Gasteiger partial charge is 0.497 e. The zero-order valence-electron chi connectivity index (χ0n) is 17.8. The van der Waals surface area contributed by atoms with Crippen molar-refractivity contribution < 1.29 is 9.47 Å². The Labute approximate surface area is 190 Å². The van der Waals surface area contributed by atoms with Crippen molar-refractivity contribution in [1.29, 1.82) is 0 Å². The first-order valence-corrected chi connectivity index (χ1v) is 10.3. The maximum atomic E-state index is 5.85. The fraction of sp³-hybridized carbons (Fsp3) is 0.0400. The molecule has 0 aliphatic rings. The molecule has 5 rings (SSSR count). The summed E-state index contributed by atoms with van der Waals surface area (Å²) in [5, 5.41) is 6.52. The smallest absolute Gasteiger partial charge is 0.231 e. The number of hydrogen-bond acceptors (Lipinski definition) is 8. The van der Waals surface area contributed by atoms with Gasteiger partial charge in [0.15, 0.2) is 17.0 Å². The minimum absolute atomic E-state index is 0.399. The van der Waals surface area contributed by atoms with Crippen molar-refractivity contribution in [2.75, 3.05) is 17.7 Å². The summed E-state index contributed by atoms with van der Waals surface area (Å²) < 4.78 is 11.1. The van der Waals surface area contributed by atoms with Crippen LogP contribution in [-0.4, -0.2) is 27.0 Å². The van der Waals surface area contributed by atoms with Crippen molar-refractivity contribution in [1.82, 2.24) is 19.9 Å². The van der Waals surface area contributed by atoms with Crippen LogP contribution < -0.4 is 20.1 Å². The number of nitrogens with one attached hydrogen (secondary N) is 2. The fourth-order valence-electron chi connectivity index (χ4n) is 3.18. The second kappa shape index (κ2) is 9.19. The molecule has 0 aliphatic heterocycles. The van der Waals surface area contributed by atoms with Crippen LogP contribution in [0.4, 0.5) is 23.1 Å². The second-order valence-corrected chi connectivity index (χ2v) is 7.04. The van der Waals surface area contributed by atoms with Crippen LogP contribution >= 0.6 is 0 Å². The van der Waals surface area contributed by atoms with E-state index in [4.69, 9.17) is 9.47 Å². The maximum Gasteiger partial charge on any atom is 0.231 e. The van der Waals surface area contributed by atoms with Crippen molar-refractivity contribution in [3.8, 4) is 17.2 Å². The number of anilines is 4. The van der Waals surface area contributed by atoms with E-state index < -0.39 is 0 Å². The number of ether oxygens (including phenoxy) is 2. The van der Waals surface area contributed by atoms with Gasteiger partial charge in [-0.2, -0.15) is 9.97 Å². The molecule has 0 radical (unpaired) electrons. The minimum Gasteiger partial charge on any atom is -0.497 e. The van der Waals surface area contributed by atoms with Crippen LogP contribution in [0.25, 0.3) is 11.2 Å². The van der Waals surface area contributed by atoms with Gasteiger partial charge in [-0.3, -0.25) is 0 Å². The third-order valence-electron chi connectivity index (χ3n) is 4.77. The first kappa shape index (κ1) is 20.2. The van der Waals surface area contributed by atoms with Crippen LogP contribution in [0.5, 0.6) is 17.2 Å². The molecule has 2 N–H and O–H groups in total. The monoisotopic (exact) mass is 436 g/mol. The predicted octanol–water partition coefficient (Wildman–Crippen LogP) is 5.71. The van der Waals surface area contributed by atoms with Crippen LogP contribution in [0.1, 0.15) is 0 Å². The molecule has 3 aromatic carbocycles. The first-order valence-electron chi connectivity index (χ1n) is 10.3. The van der Waals surface area contributed by atoms with E-state index in [0.29, 0.717) is 22.9 Å². The SMILES string of the molecule is COc1ccc(Nc2nc(Nc3ccc(Oc4ccccc4)cc3)nc3nccnc23)cc1. The molecule has 0 aliphatic carbocycles. The first-order chi connectivity index (χ1) is 16.3. The van der Waals surface area contributed by atoms with E-state index in [-0.39, 0.29) is 0 Å². The third-order valence-corrected chi connectivity index (χ3v) is 4.77. The van der Waals surface area contributed by atoms with E-state index in [2.05, 4.69) is 30.6 Å². The summed E-state index contributed by atoms with van der Waals surface area (Å²) in [4.78, 5) is 17.9. The molecule has 0 fully saturated rings. The van der Waals surface area contributed by atoms with Gasteiger partial charge in [-0.05, 0) is 60.7 Å². The molecule has 162 valence electrons. The Morgan fingerprint density at radius 3 is 2.00 bits per heavy atom. The number of methoxy groups -OCH3 is 1. The van der Waals surface area contributed by atoms with Gasteiger partial charge in [0.25, 0.3) is 0 Å². The van der Waals surface area contributed by atoms with Gasteiger partial charge in [0, 0.05) is 23.8 Å². The minimum atomic E-state index is 0.399. The van der Waals surface area contributed by atoms with E-state index in [0.717, 1.165) is 28.6 Å². The second-order valence-electron chi connectivity index (χ2n) is 7.04. The van der Waals surface area contributed by atoms with Gasteiger partial charge >= 0.3 is 0 Å². The molecule has 0 saturated heterocycles. The Morgan fingerprint density at radius 1 is 0.636 bits per heavy atom. The molecule has 8 nitrogen and oxygen atoms in total. The molecule has 0 saturated carbocycles. The molecule has 0 bridgehead atoms. The summed E-state index contributed by atoms with van der Waals surface area (Å²) in [6, 6.07) is 24.8. The number of benzene rings is 3. The van der Waals surface area contributed by atoms with Crippen LogP contribution in [0, 0.1) is 0 Å².